The second kappa shape index (κ2) is 5.15. The van der Waals surface area contributed by atoms with Crippen LogP contribution in [-0.2, 0) is 4.79 Å². The molecule has 0 aromatic carbocycles. The molecule has 2 unspecified atom stereocenters. The number of carbonyl (C=O) groups is 1. The van der Waals surface area contributed by atoms with Crippen LogP contribution in [0.25, 0.3) is 0 Å². The van der Waals surface area contributed by atoms with Gasteiger partial charge in [0.25, 0.3) is 0 Å². The van der Waals surface area contributed by atoms with Gasteiger partial charge >= 0.3 is 0 Å². The van der Waals surface area contributed by atoms with Gasteiger partial charge in [-0.2, -0.15) is 0 Å². The molecule has 0 spiro atoms. The van der Waals surface area contributed by atoms with Crippen molar-refractivity contribution in [1.82, 2.24) is 10.2 Å². The number of nitrogens with one attached hydrogen (secondary N) is 1. The van der Waals surface area contributed by atoms with Crippen molar-refractivity contribution in [1.29, 1.82) is 0 Å². The number of likely N-dealkylation sites (tertiary alicyclic amines) is 1. The van der Waals surface area contributed by atoms with Crippen molar-refractivity contribution in [2.75, 3.05) is 19.7 Å². The summed E-state index contributed by atoms with van der Waals surface area (Å²) >= 11 is 0. The monoisotopic (exact) mass is 226 g/mol. The molecule has 4 heteroatoms. The first kappa shape index (κ1) is 11.9. The molecule has 1 heterocycles. The molecule has 1 saturated heterocycles. The van der Waals surface area contributed by atoms with Gasteiger partial charge in [-0.1, -0.05) is 0 Å². The van der Waals surface area contributed by atoms with E-state index in [1.807, 2.05) is 6.92 Å². The largest absolute Gasteiger partial charge is 0.396 e. The van der Waals surface area contributed by atoms with Crippen molar-refractivity contribution >= 4 is 5.91 Å². The fraction of sp³-hybridized carbons (Fsp3) is 0.917. The second-order valence-electron chi connectivity index (χ2n) is 5.12. The fourth-order valence-corrected chi connectivity index (χ4v) is 2.35. The van der Waals surface area contributed by atoms with Crippen LogP contribution in [0.15, 0.2) is 0 Å². The molecule has 0 radical (unpaired) electrons. The lowest BCUT2D eigenvalue weighted by Crippen LogP contribution is -2.44. The maximum Gasteiger partial charge on any atom is 0.237 e. The van der Waals surface area contributed by atoms with Gasteiger partial charge in [-0.25, -0.2) is 0 Å². The Balaban J connectivity index is 1.76. The standard InChI is InChI=1S/C12H22N2O2/c1-9(12(16)13-11-2-3-11)14-6-4-10(8-14)5-7-15/h9-11,15H,2-8H2,1H3,(H,13,16). The van der Waals surface area contributed by atoms with E-state index in [1.54, 1.807) is 0 Å². The Morgan fingerprint density at radius 3 is 2.88 bits per heavy atom. The Morgan fingerprint density at radius 2 is 2.25 bits per heavy atom. The van der Waals surface area contributed by atoms with Gasteiger partial charge in [0.2, 0.25) is 5.91 Å². The molecular formula is C12H22N2O2. The first-order valence-electron chi connectivity index (χ1n) is 6.36. The van der Waals surface area contributed by atoms with Crippen LogP contribution in [0.3, 0.4) is 0 Å². The lowest BCUT2D eigenvalue weighted by molar-refractivity contribution is -0.125. The summed E-state index contributed by atoms with van der Waals surface area (Å²) in [6.45, 7) is 4.20. The van der Waals surface area contributed by atoms with Gasteiger partial charge in [-0.3, -0.25) is 9.69 Å². The minimum absolute atomic E-state index is 0.00991. The van der Waals surface area contributed by atoms with Gasteiger partial charge in [0, 0.05) is 19.2 Å². The number of hydrogen-bond donors (Lipinski definition) is 2. The van der Waals surface area contributed by atoms with Gasteiger partial charge in [0.1, 0.15) is 0 Å². The normalized spacial score (nSPS) is 28.0. The summed E-state index contributed by atoms with van der Waals surface area (Å²) in [6.07, 6.45) is 4.27. The zero-order valence-electron chi connectivity index (χ0n) is 9.98. The quantitative estimate of drug-likeness (QED) is 0.711. The highest BCUT2D eigenvalue weighted by molar-refractivity contribution is 5.81. The average Bonchev–Trinajstić information content (AvgIpc) is 2.95. The third-order valence-corrected chi connectivity index (χ3v) is 3.71. The fourth-order valence-electron chi connectivity index (χ4n) is 2.35. The van der Waals surface area contributed by atoms with Crippen molar-refractivity contribution in [3.8, 4) is 0 Å². The third kappa shape index (κ3) is 2.95. The van der Waals surface area contributed by atoms with E-state index in [4.69, 9.17) is 5.11 Å². The zero-order valence-corrected chi connectivity index (χ0v) is 9.98. The molecular weight excluding hydrogens is 204 g/mol. The van der Waals surface area contributed by atoms with E-state index in [-0.39, 0.29) is 18.6 Å². The van der Waals surface area contributed by atoms with E-state index in [1.165, 1.54) is 0 Å². The van der Waals surface area contributed by atoms with E-state index >= 15 is 0 Å². The molecule has 1 amide bonds. The molecule has 0 bridgehead atoms. The minimum Gasteiger partial charge on any atom is -0.396 e. The highest BCUT2D eigenvalue weighted by Gasteiger charge is 2.31. The molecule has 1 saturated carbocycles. The van der Waals surface area contributed by atoms with Gasteiger partial charge in [0.15, 0.2) is 0 Å². The highest BCUT2D eigenvalue weighted by Crippen LogP contribution is 2.23. The smallest absolute Gasteiger partial charge is 0.237 e. The van der Waals surface area contributed by atoms with Crippen LogP contribution in [0.2, 0.25) is 0 Å². The van der Waals surface area contributed by atoms with Crippen LogP contribution < -0.4 is 5.32 Å². The Bertz CT molecular complexity index is 253. The van der Waals surface area contributed by atoms with Crippen LogP contribution in [-0.4, -0.2) is 47.7 Å². The number of aliphatic hydroxyl groups is 1. The van der Waals surface area contributed by atoms with Gasteiger partial charge in [-0.05, 0) is 45.1 Å². The van der Waals surface area contributed by atoms with Gasteiger partial charge in [-0.15, -0.1) is 0 Å². The van der Waals surface area contributed by atoms with Gasteiger partial charge in [0.05, 0.1) is 6.04 Å². The molecule has 0 aromatic rings. The van der Waals surface area contributed by atoms with Crippen LogP contribution in [0.4, 0.5) is 0 Å². The average molecular weight is 226 g/mol. The summed E-state index contributed by atoms with van der Waals surface area (Å²) in [5.41, 5.74) is 0. The number of aliphatic hydroxyl groups excluding tert-OH is 1. The van der Waals surface area contributed by atoms with E-state index in [2.05, 4.69) is 10.2 Å². The SMILES string of the molecule is CC(C(=O)NC1CC1)N1CCC(CCO)C1. The molecule has 0 aromatic heterocycles. The topological polar surface area (TPSA) is 52.6 Å². The zero-order chi connectivity index (χ0) is 11.5. The molecule has 2 N–H and O–H groups in total. The van der Waals surface area contributed by atoms with E-state index in [0.717, 1.165) is 38.8 Å². The summed E-state index contributed by atoms with van der Waals surface area (Å²) < 4.78 is 0. The first-order valence-corrected chi connectivity index (χ1v) is 6.36. The number of hydrogen-bond acceptors (Lipinski definition) is 3. The van der Waals surface area contributed by atoms with Crippen LogP contribution in [0.1, 0.15) is 32.6 Å². The van der Waals surface area contributed by atoms with Crippen LogP contribution >= 0.6 is 0 Å². The van der Waals surface area contributed by atoms with E-state index < -0.39 is 0 Å². The summed E-state index contributed by atoms with van der Waals surface area (Å²) in [5.74, 6) is 0.744. The summed E-state index contributed by atoms with van der Waals surface area (Å²) in [6, 6.07) is 0.440. The first-order chi connectivity index (χ1) is 7.70. The molecule has 4 nitrogen and oxygen atoms in total. The summed E-state index contributed by atoms with van der Waals surface area (Å²) in [7, 11) is 0. The Labute approximate surface area is 97.0 Å². The molecule has 2 fully saturated rings. The lowest BCUT2D eigenvalue weighted by Gasteiger charge is -2.23. The summed E-state index contributed by atoms with van der Waals surface area (Å²) in [5, 5.41) is 11.9. The molecule has 2 rings (SSSR count). The van der Waals surface area contributed by atoms with Crippen molar-refractivity contribution in [3.63, 3.8) is 0 Å². The van der Waals surface area contributed by atoms with Crippen molar-refractivity contribution in [2.24, 2.45) is 5.92 Å². The van der Waals surface area contributed by atoms with E-state index in [0.29, 0.717) is 12.0 Å². The number of nitrogens with zero attached hydrogens (tertiary/aromatic N) is 1. The van der Waals surface area contributed by atoms with E-state index in [9.17, 15) is 4.79 Å². The molecule has 1 aliphatic heterocycles. The Kier molecular flexibility index (Phi) is 3.82. The Morgan fingerprint density at radius 1 is 1.50 bits per heavy atom. The Hall–Kier alpha value is -0.610. The predicted octanol–water partition coefficient (Wildman–Crippen LogP) is 0.358. The predicted molar refractivity (Wildman–Crippen MR) is 62.0 cm³/mol. The third-order valence-electron chi connectivity index (χ3n) is 3.71. The minimum atomic E-state index is -0.00991. The molecule has 1 aliphatic carbocycles. The summed E-state index contributed by atoms with van der Waals surface area (Å²) in [4.78, 5) is 14.1. The maximum absolute atomic E-state index is 11.8. The number of rotatable bonds is 5. The molecule has 2 aliphatic rings. The van der Waals surface area contributed by atoms with Crippen LogP contribution in [0, 0.1) is 5.92 Å². The number of amides is 1. The molecule has 2 atom stereocenters. The second-order valence-corrected chi connectivity index (χ2v) is 5.12. The highest BCUT2D eigenvalue weighted by atomic mass is 16.3. The van der Waals surface area contributed by atoms with Crippen molar-refractivity contribution in [3.05, 3.63) is 0 Å². The number of carbonyl (C=O) groups excluding carboxylic acids is 1. The maximum atomic E-state index is 11.8. The van der Waals surface area contributed by atoms with Crippen LogP contribution in [0.5, 0.6) is 0 Å². The lowest BCUT2D eigenvalue weighted by atomic mass is 10.1. The molecule has 92 valence electrons. The van der Waals surface area contributed by atoms with Crippen molar-refractivity contribution in [2.45, 2.75) is 44.7 Å². The van der Waals surface area contributed by atoms with Crippen molar-refractivity contribution < 1.29 is 9.90 Å². The van der Waals surface area contributed by atoms with Gasteiger partial charge < -0.3 is 10.4 Å². The molecule has 16 heavy (non-hydrogen) atoms.